The number of benzene rings is 2. The molecular formula is C30H23ClFN3O2. The van der Waals surface area contributed by atoms with Crippen molar-refractivity contribution >= 4 is 40.1 Å². The molecule has 1 aliphatic carbocycles. The lowest BCUT2D eigenvalue weighted by atomic mass is 9.88. The van der Waals surface area contributed by atoms with E-state index in [1.807, 2.05) is 56.3 Å². The number of carboxylic acids is 1. The van der Waals surface area contributed by atoms with Crippen molar-refractivity contribution in [2.45, 2.75) is 26.2 Å². The Labute approximate surface area is 217 Å². The van der Waals surface area contributed by atoms with Gasteiger partial charge >= 0.3 is 5.97 Å². The summed E-state index contributed by atoms with van der Waals surface area (Å²) in [6, 6.07) is 14.3. The van der Waals surface area contributed by atoms with Crippen molar-refractivity contribution in [2.24, 2.45) is 0 Å². The van der Waals surface area contributed by atoms with Crippen molar-refractivity contribution in [1.29, 1.82) is 0 Å². The molecule has 5 aromatic rings. The zero-order chi connectivity index (χ0) is 25.8. The minimum Gasteiger partial charge on any atom is -0.477 e. The fourth-order valence-corrected chi connectivity index (χ4v) is 5.68. The highest BCUT2D eigenvalue weighted by molar-refractivity contribution is 6.32. The van der Waals surface area contributed by atoms with Gasteiger partial charge in [-0.3, -0.25) is 4.98 Å². The third kappa shape index (κ3) is 3.76. The highest BCUT2D eigenvalue weighted by Gasteiger charge is 2.30. The van der Waals surface area contributed by atoms with E-state index in [1.165, 1.54) is 12.1 Å². The summed E-state index contributed by atoms with van der Waals surface area (Å²) in [4.78, 5) is 23.4. The first-order valence-corrected chi connectivity index (χ1v) is 12.4. The molecule has 2 aromatic carbocycles. The lowest BCUT2D eigenvalue weighted by Crippen LogP contribution is -2.02. The molecule has 7 heteroatoms. The lowest BCUT2D eigenvalue weighted by molar-refractivity contribution is 0.0692. The fourth-order valence-electron chi connectivity index (χ4n) is 5.42. The summed E-state index contributed by atoms with van der Waals surface area (Å²) in [6.07, 6.45) is 6.11. The molecule has 0 amide bonds. The number of aromatic carboxylic acids is 1. The van der Waals surface area contributed by atoms with Gasteiger partial charge in [0.15, 0.2) is 0 Å². The van der Waals surface area contributed by atoms with E-state index < -0.39 is 11.8 Å². The van der Waals surface area contributed by atoms with Crippen molar-refractivity contribution in [3.8, 4) is 22.4 Å². The second kappa shape index (κ2) is 8.75. The lowest BCUT2D eigenvalue weighted by Gasteiger charge is -2.14. The number of nitrogens with one attached hydrogen (secondary N) is 2. The van der Waals surface area contributed by atoms with Crippen LogP contribution in [0.3, 0.4) is 0 Å². The summed E-state index contributed by atoms with van der Waals surface area (Å²) in [6.45, 7) is 4.03. The molecule has 3 N–H and O–H groups in total. The normalized spacial score (nSPS) is 12.8. The van der Waals surface area contributed by atoms with Crippen LogP contribution in [0.2, 0.25) is 5.02 Å². The van der Waals surface area contributed by atoms with Gasteiger partial charge in [-0.2, -0.15) is 0 Å². The number of carbonyl (C=O) groups is 1. The molecule has 0 unspecified atom stereocenters. The van der Waals surface area contributed by atoms with Crippen LogP contribution in [0.15, 0.2) is 60.9 Å². The number of aromatic nitrogens is 3. The van der Waals surface area contributed by atoms with Crippen LogP contribution < -0.4 is 0 Å². The van der Waals surface area contributed by atoms with Gasteiger partial charge in [0.25, 0.3) is 0 Å². The predicted molar refractivity (Wildman–Crippen MR) is 145 cm³/mol. The molecule has 0 spiro atoms. The first kappa shape index (κ1) is 23.3. The number of H-pyrrole nitrogens is 2. The minimum atomic E-state index is -1.08. The molecule has 1 aliphatic rings. The van der Waals surface area contributed by atoms with Crippen LogP contribution in [0.4, 0.5) is 4.39 Å². The summed E-state index contributed by atoms with van der Waals surface area (Å²) in [5.74, 6) is -1.53. The predicted octanol–water partition coefficient (Wildman–Crippen LogP) is 7.94. The number of aromatic amines is 2. The Morgan fingerprint density at radius 3 is 2.68 bits per heavy atom. The number of nitrogens with zero attached hydrogens (tertiary/aromatic N) is 1. The molecule has 0 fully saturated rings. The van der Waals surface area contributed by atoms with Crippen LogP contribution in [0.5, 0.6) is 0 Å². The van der Waals surface area contributed by atoms with Gasteiger partial charge < -0.3 is 15.1 Å². The second-order valence-corrected chi connectivity index (χ2v) is 9.97. The van der Waals surface area contributed by atoms with Gasteiger partial charge in [-0.1, -0.05) is 43.6 Å². The quantitative estimate of drug-likeness (QED) is 0.224. The number of allylic oxidation sites excluding steroid dienone is 1. The first-order valence-electron chi connectivity index (χ1n) is 12.0. The molecule has 0 atom stereocenters. The summed E-state index contributed by atoms with van der Waals surface area (Å²) in [5, 5.41) is 11.7. The standard InChI is InChI=1S/C30H23ClFN3O2/c1-15(2)26-27(20-8-10-33-24-12-16(11-21(20)24)18-5-3-4-6-23(18)31)29(30(36)37)35-28(26)22-13-17(32)14-25-19(22)7-9-34-25/h3-11,13-15,34-35H,12H2,1-2H3,(H,36,37). The van der Waals surface area contributed by atoms with Crippen molar-refractivity contribution < 1.29 is 14.3 Å². The molecule has 0 saturated carbocycles. The Morgan fingerprint density at radius 2 is 1.92 bits per heavy atom. The molecule has 5 nitrogen and oxygen atoms in total. The van der Waals surface area contributed by atoms with Crippen LogP contribution >= 0.6 is 11.6 Å². The van der Waals surface area contributed by atoms with Gasteiger partial charge in [-0.15, -0.1) is 0 Å². The third-order valence-corrected chi connectivity index (χ3v) is 7.30. The van der Waals surface area contributed by atoms with Gasteiger partial charge in [-0.05, 0) is 64.6 Å². The Balaban J connectivity index is 1.63. The maximum Gasteiger partial charge on any atom is 0.352 e. The average Bonchev–Trinajstić information content (AvgIpc) is 3.59. The number of halogens is 2. The second-order valence-electron chi connectivity index (χ2n) is 9.56. The number of rotatable bonds is 5. The topological polar surface area (TPSA) is 81.8 Å². The molecular weight excluding hydrogens is 489 g/mol. The smallest absolute Gasteiger partial charge is 0.352 e. The minimum absolute atomic E-state index is 0.0520. The van der Waals surface area contributed by atoms with Crippen molar-refractivity contribution in [3.05, 3.63) is 99.8 Å². The number of pyridine rings is 1. The Morgan fingerprint density at radius 1 is 1.11 bits per heavy atom. The summed E-state index contributed by atoms with van der Waals surface area (Å²) in [5.41, 5.74) is 7.82. The molecule has 0 aliphatic heterocycles. The van der Waals surface area contributed by atoms with E-state index in [2.05, 4.69) is 15.0 Å². The number of fused-ring (bicyclic) bond motifs is 2. The monoisotopic (exact) mass is 511 g/mol. The third-order valence-electron chi connectivity index (χ3n) is 6.97. The number of hydrogen-bond acceptors (Lipinski definition) is 2. The van der Waals surface area contributed by atoms with Gasteiger partial charge in [0.05, 0.1) is 11.4 Å². The Bertz CT molecular complexity index is 1750. The van der Waals surface area contributed by atoms with E-state index in [1.54, 1.807) is 12.4 Å². The van der Waals surface area contributed by atoms with E-state index in [0.717, 1.165) is 38.9 Å². The molecule has 6 rings (SSSR count). The van der Waals surface area contributed by atoms with Crippen LogP contribution in [-0.2, 0) is 6.42 Å². The summed E-state index contributed by atoms with van der Waals surface area (Å²) in [7, 11) is 0. The zero-order valence-corrected chi connectivity index (χ0v) is 20.9. The summed E-state index contributed by atoms with van der Waals surface area (Å²) >= 11 is 6.48. The molecule has 3 aromatic heterocycles. The van der Waals surface area contributed by atoms with Gasteiger partial charge in [0.1, 0.15) is 11.5 Å². The maximum atomic E-state index is 14.6. The van der Waals surface area contributed by atoms with Crippen molar-refractivity contribution in [3.63, 3.8) is 0 Å². The summed E-state index contributed by atoms with van der Waals surface area (Å²) < 4.78 is 14.6. The van der Waals surface area contributed by atoms with E-state index in [-0.39, 0.29) is 11.6 Å². The molecule has 3 heterocycles. The van der Waals surface area contributed by atoms with E-state index in [4.69, 9.17) is 11.6 Å². The van der Waals surface area contributed by atoms with E-state index in [0.29, 0.717) is 33.8 Å². The molecule has 0 radical (unpaired) electrons. The van der Waals surface area contributed by atoms with Gasteiger partial charge in [0.2, 0.25) is 0 Å². The van der Waals surface area contributed by atoms with Gasteiger partial charge in [-0.25, -0.2) is 9.18 Å². The number of hydrogen-bond donors (Lipinski definition) is 3. The fraction of sp³-hybridized carbons (Fsp3) is 0.133. The van der Waals surface area contributed by atoms with Crippen LogP contribution in [0.25, 0.3) is 44.9 Å². The van der Waals surface area contributed by atoms with E-state index >= 15 is 0 Å². The first-order chi connectivity index (χ1) is 17.8. The Kier molecular flexibility index (Phi) is 5.50. The van der Waals surface area contributed by atoms with Crippen LogP contribution in [-0.4, -0.2) is 26.0 Å². The molecule has 184 valence electrons. The number of carboxylic acid groups (broad SMARTS) is 1. The average molecular weight is 512 g/mol. The maximum absolute atomic E-state index is 14.6. The SMILES string of the molecule is CC(C)c1c(-c2cc(F)cc3[nH]ccc23)[nH]c(C(=O)O)c1-c1ccnc2c1C=C(c1ccccc1Cl)C2. The van der Waals surface area contributed by atoms with E-state index in [9.17, 15) is 14.3 Å². The van der Waals surface area contributed by atoms with Gasteiger partial charge in [0, 0.05) is 51.4 Å². The molecule has 0 bridgehead atoms. The largest absolute Gasteiger partial charge is 0.477 e. The molecule has 37 heavy (non-hydrogen) atoms. The Hall–Kier alpha value is -4.16. The highest BCUT2D eigenvalue weighted by atomic mass is 35.5. The molecule has 0 saturated heterocycles. The van der Waals surface area contributed by atoms with Crippen molar-refractivity contribution in [2.75, 3.05) is 0 Å². The zero-order valence-electron chi connectivity index (χ0n) is 20.2. The van der Waals surface area contributed by atoms with Crippen LogP contribution in [0.1, 0.15) is 52.6 Å². The highest BCUT2D eigenvalue weighted by Crippen LogP contribution is 2.45. The van der Waals surface area contributed by atoms with Crippen LogP contribution in [0, 0.1) is 5.82 Å². The van der Waals surface area contributed by atoms with Crippen molar-refractivity contribution in [1.82, 2.24) is 15.0 Å².